The Morgan fingerprint density at radius 3 is 2.72 bits per heavy atom. The minimum atomic E-state index is 0.639. The van der Waals surface area contributed by atoms with Crippen molar-refractivity contribution < 1.29 is 0 Å². The van der Waals surface area contributed by atoms with E-state index in [4.69, 9.17) is 10.8 Å². The number of fused-ring (bicyclic) bond motifs is 1. The van der Waals surface area contributed by atoms with Gasteiger partial charge >= 0.3 is 0 Å². The van der Waals surface area contributed by atoms with Crippen molar-refractivity contribution in [2.75, 3.05) is 12.3 Å². The summed E-state index contributed by atoms with van der Waals surface area (Å²) in [5.41, 5.74) is 12.9. The smallest absolute Gasteiger partial charge is 0.128 e. The van der Waals surface area contributed by atoms with Gasteiger partial charge in [-0.3, -0.25) is 9.58 Å². The molecule has 2 aromatic heterocycles. The van der Waals surface area contributed by atoms with E-state index in [1.54, 1.807) is 0 Å². The van der Waals surface area contributed by atoms with E-state index in [0.717, 1.165) is 43.1 Å². The Labute approximate surface area is 148 Å². The van der Waals surface area contributed by atoms with Crippen molar-refractivity contribution >= 4 is 5.82 Å². The van der Waals surface area contributed by atoms with Crippen LogP contribution in [0.4, 0.5) is 5.82 Å². The average Bonchev–Trinajstić information content (AvgIpc) is 3.01. The number of rotatable bonds is 3. The van der Waals surface area contributed by atoms with E-state index in [1.807, 2.05) is 13.0 Å². The first-order valence-electron chi connectivity index (χ1n) is 8.67. The second kappa shape index (κ2) is 6.33. The summed E-state index contributed by atoms with van der Waals surface area (Å²) in [5.74, 6) is 0.639. The van der Waals surface area contributed by atoms with E-state index in [0.29, 0.717) is 5.82 Å². The van der Waals surface area contributed by atoms with Crippen LogP contribution >= 0.6 is 0 Å². The predicted octanol–water partition coefficient (Wildman–Crippen LogP) is 3.16. The number of nitrogens with zero attached hydrogens (tertiary/aromatic N) is 4. The Hall–Kier alpha value is -2.66. The van der Waals surface area contributed by atoms with Crippen LogP contribution in [0, 0.1) is 13.8 Å². The van der Waals surface area contributed by atoms with Crippen molar-refractivity contribution in [2.24, 2.45) is 0 Å². The molecule has 0 atom stereocenters. The Morgan fingerprint density at radius 2 is 1.92 bits per heavy atom. The lowest BCUT2D eigenvalue weighted by molar-refractivity contribution is 0.205. The van der Waals surface area contributed by atoms with E-state index in [2.05, 4.69) is 57.9 Å². The first kappa shape index (κ1) is 15.8. The highest BCUT2D eigenvalue weighted by molar-refractivity contribution is 5.63. The molecular formula is C20H23N5. The second-order valence-corrected chi connectivity index (χ2v) is 6.77. The number of aromatic nitrogens is 3. The number of benzene rings is 1. The summed E-state index contributed by atoms with van der Waals surface area (Å²) in [6, 6.07) is 14.7. The lowest BCUT2D eigenvalue weighted by atomic mass is 10.1. The molecule has 0 amide bonds. The van der Waals surface area contributed by atoms with Crippen molar-refractivity contribution in [1.29, 1.82) is 0 Å². The molecule has 0 fully saturated rings. The lowest BCUT2D eigenvalue weighted by Gasteiger charge is -2.27. The third-order valence-corrected chi connectivity index (χ3v) is 4.84. The summed E-state index contributed by atoms with van der Waals surface area (Å²) in [4.78, 5) is 6.77. The van der Waals surface area contributed by atoms with Crippen molar-refractivity contribution in [3.05, 3.63) is 65.0 Å². The van der Waals surface area contributed by atoms with Gasteiger partial charge in [0.15, 0.2) is 0 Å². The van der Waals surface area contributed by atoms with E-state index in [-0.39, 0.29) is 0 Å². The van der Waals surface area contributed by atoms with Gasteiger partial charge in [0.05, 0.1) is 17.9 Å². The molecule has 0 saturated carbocycles. The van der Waals surface area contributed by atoms with Gasteiger partial charge in [-0.2, -0.15) is 5.10 Å². The third kappa shape index (κ3) is 3.15. The van der Waals surface area contributed by atoms with E-state index in [9.17, 15) is 0 Å². The van der Waals surface area contributed by atoms with Gasteiger partial charge in [-0.15, -0.1) is 0 Å². The highest BCUT2D eigenvalue weighted by atomic mass is 15.3. The number of aryl methyl sites for hydroxylation is 2. The van der Waals surface area contributed by atoms with Crippen LogP contribution in [0.3, 0.4) is 0 Å². The summed E-state index contributed by atoms with van der Waals surface area (Å²) in [7, 11) is 0. The van der Waals surface area contributed by atoms with Gasteiger partial charge in [0.25, 0.3) is 0 Å². The molecule has 2 N–H and O–H groups in total. The van der Waals surface area contributed by atoms with Crippen molar-refractivity contribution in [3.8, 4) is 11.3 Å². The molecule has 0 unspecified atom stereocenters. The zero-order chi connectivity index (χ0) is 17.4. The molecule has 1 aliphatic rings. The number of anilines is 1. The van der Waals surface area contributed by atoms with Gasteiger partial charge in [0.2, 0.25) is 0 Å². The fourth-order valence-electron chi connectivity index (χ4n) is 3.43. The molecule has 25 heavy (non-hydrogen) atoms. The molecule has 0 radical (unpaired) electrons. The fraction of sp³-hybridized carbons (Fsp3) is 0.300. The monoisotopic (exact) mass is 333 g/mol. The minimum absolute atomic E-state index is 0.639. The van der Waals surface area contributed by atoms with Gasteiger partial charge in [0, 0.05) is 36.5 Å². The largest absolute Gasteiger partial charge is 0.383 e. The number of hydrogen-bond acceptors (Lipinski definition) is 4. The maximum absolute atomic E-state index is 6.07. The maximum Gasteiger partial charge on any atom is 0.128 e. The number of pyridine rings is 1. The highest BCUT2D eigenvalue weighted by Crippen LogP contribution is 2.25. The first-order chi connectivity index (χ1) is 12.1. The number of nitrogen functional groups attached to an aromatic ring is 1. The van der Waals surface area contributed by atoms with Gasteiger partial charge in [-0.1, -0.05) is 30.3 Å². The van der Waals surface area contributed by atoms with Gasteiger partial charge in [-0.25, -0.2) is 4.98 Å². The molecular weight excluding hydrogens is 310 g/mol. The summed E-state index contributed by atoms with van der Waals surface area (Å²) in [6.45, 7) is 7.67. The zero-order valence-corrected chi connectivity index (χ0v) is 14.7. The summed E-state index contributed by atoms with van der Waals surface area (Å²) >= 11 is 0. The topological polar surface area (TPSA) is 60.0 Å². The standard InChI is InChI=1S/C20H23N5/c1-14-5-3-4-6-18(14)19-11-17-13-24(9-10-25(17)23-19)12-16-8-7-15(2)22-20(16)21/h3-8,11H,9-10,12-13H2,1-2H3,(H2,21,22). The Balaban J connectivity index is 1.54. The van der Waals surface area contributed by atoms with Gasteiger partial charge < -0.3 is 5.73 Å². The molecule has 128 valence electrons. The van der Waals surface area contributed by atoms with Crippen LogP contribution in [0.15, 0.2) is 42.5 Å². The quantitative estimate of drug-likeness (QED) is 0.800. The first-order valence-corrected chi connectivity index (χ1v) is 8.67. The maximum atomic E-state index is 6.07. The molecule has 0 spiro atoms. The molecule has 4 rings (SSSR count). The van der Waals surface area contributed by atoms with Crippen LogP contribution in [0.2, 0.25) is 0 Å². The van der Waals surface area contributed by atoms with Gasteiger partial charge in [0.1, 0.15) is 5.82 Å². The second-order valence-electron chi connectivity index (χ2n) is 6.77. The molecule has 5 heteroatoms. The molecule has 0 bridgehead atoms. The predicted molar refractivity (Wildman–Crippen MR) is 99.9 cm³/mol. The summed E-state index contributed by atoms with van der Waals surface area (Å²) < 4.78 is 2.13. The molecule has 3 heterocycles. The molecule has 1 aliphatic heterocycles. The lowest BCUT2D eigenvalue weighted by Crippen LogP contribution is -2.33. The Bertz CT molecular complexity index is 912. The minimum Gasteiger partial charge on any atom is -0.383 e. The molecule has 5 nitrogen and oxygen atoms in total. The molecule has 0 aliphatic carbocycles. The van der Waals surface area contributed by atoms with Crippen LogP contribution in [0.5, 0.6) is 0 Å². The number of nitrogens with two attached hydrogens (primary N) is 1. The SMILES string of the molecule is Cc1ccc(CN2CCn3nc(-c4ccccc4C)cc3C2)c(N)n1. The van der Waals surface area contributed by atoms with E-state index in [1.165, 1.54) is 16.8 Å². The third-order valence-electron chi connectivity index (χ3n) is 4.84. The summed E-state index contributed by atoms with van der Waals surface area (Å²) in [5, 5.41) is 4.81. The van der Waals surface area contributed by atoms with E-state index >= 15 is 0 Å². The van der Waals surface area contributed by atoms with Crippen LogP contribution in [0.25, 0.3) is 11.3 Å². The Kier molecular flexibility index (Phi) is 4.01. The normalized spacial score (nSPS) is 14.5. The van der Waals surface area contributed by atoms with Crippen molar-refractivity contribution in [1.82, 2.24) is 19.7 Å². The highest BCUT2D eigenvalue weighted by Gasteiger charge is 2.20. The van der Waals surface area contributed by atoms with Crippen LogP contribution in [-0.4, -0.2) is 26.2 Å². The van der Waals surface area contributed by atoms with Crippen LogP contribution in [0.1, 0.15) is 22.5 Å². The summed E-state index contributed by atoms with van der Waals surface area (Å²) in [6.07, 6.45) is 0. The number of hydrogen-bond donors (Lipinski definition) is 1. The van der Waals surface area contributed by atoms with Crippen LogP contribution < -0.4 is 5.73 Å². The molecule has 0 saturated heterocycles. The van der Waals surface area contributed by atoms with Crippen molar-refractivity contribution in [2.45, 2.75) is 33.5 Å². The van der Waals surface area contributed by atoms with Gasteiger partial charge in [-0.05, 0) is 31.5 Å². The Morgan fingerprint density at radius 1 is 1.08 bits per heavy atom. The molecule has 3 aromatic rings. The average molecular weight is 333 g/mol. The van der Waals surface area contributed by atoms with Crippen molar-refractivity contribution in [3.63, 3.8) is 0 Å². The zero-order valence-electron chi connectivity index (χ0n) is 14.7. The fourth-order valence-corrected chi connectivity index (χ4v) is 3.43. The van der Waals surface area contributed by atoms with Crippen LogP contribution in [-0.2, 0) is 19.6 Å². The van der Waals surface area contributed by atoms with E-state index < -0.39 is 0 Å². The molecule has 1 aromatic carbocycles.